The van der Waals surface area contributed by atoms with Gasteiger partial charge in [0.2, 0.25) is 5.91 Å². The van der Waals surface area contributed by atoms with Gasteiger partial charge in [0.05, 0.1) is 12.6 Å². The molecule has 1 aliphatic carbocycles. The third kappa shape index (κ3) is 3.49. The third-order valence-corrected chi connectivity index (χ3v) is 6.78. The number of aliphatic hydroxyl groups excluding tert-OH is 1. The van der Waals surface area contributed by atoms with Gasteiger partial charge in [-0.3, -0.25) is 4.79 Å². The lowest BCUT2D eigenvalue weighted by molar-refractivity contribution is -0.124. The van der Waals surface area contributed by atoms with E-state index in [1.165, 1.54) is 29.5 Å². The van der Waals surface area contributed by atoms with Gasteiger partial charge in [0.15, 0.2) is 0 Å². The van der Waals surface area contributed by atoms with Crippen molar-refractivity contribution in [3.05, 3.63) is 28.8 Å². The molecule has 0 spiro atoms. The van der Waals surface area contributed by atoms with Gasteiger partial charge in [-0.15, -0.1) is 0 Å². The number of carbonyl (C=O) groups is 1. The fourth-order valence-corrected chi connectivity index (χ4v) is 4.93. The third-order valence-electron chi connectivity index (χ3n) is 6.78. The molecule has 1 aliphatic heterocycles. The minimum absolute atomic E-state index is 0.00881. The second-order valence-electron chi connectivity index (χ2n) is 10.2. The van der Waals surface area contributed by atoms with Gasteiger partial charge >= 0.3 is 0 Å². The van der Waals surface area contributed by atoms with Crippen LogP contribution in [0.1, 0.15) is 71.1 Å². The molecule has 0 fully saturated rings. The van der Waals surface area contributed by atoms with Crippen LogP contribution in [0.2, 0.25) is 0 Å². The number of aliphatic hydroxyl groups is 1. The van der Waals surface area contributed by atoms with E-state index in [0.29, 0.717) is 6.42 Å². The monoisotopic (exact) mass is 372 g/mol. The van der Waals surface area contributed by atoms with Crippen molar-refractivity contribution in [3.63, 3.8) is 0 Å². The van der Waals surface area contributed by atoms with E-state index < -0.39 is 0 Å². The number of likely N-dealkylation sites (N-methyl/N-ethyl adjacent to an activating group) is 1. The zero-order valence-electron chi connectivity index (χ0n) is 18.0. The topological polar surface area (TPSA) is 52.6 Å². The average molecular weight is 373 g/mol. The molecular formula is C23H36N2O2. The first kappa shape index (κ1) is 20.2. The van der Waals surface area contributed by atoms with E-state index in [2.05, 4.69) is 63.9 Å². The Balaban J connectivity index is 2.22. The predicted molar refractivity (Wildman–Crippen MR) is 111 cm³/mol. The molecule has 0 aromatic heterocycles. The lowest BCUT2D eigenvalue weighted by Crippen LogP contribution is -2.54. The molecular weight excluding hydrogens is 336 g/mol. The molecule has 2 aliphatic rings. The van der Waals surface area contributed by atoms with Gasteiger partial charge in [-0.25, -0.2) is 0 Å². The van der Waals surface area contributed by atoms with Crippen LogP contribution in [0.5, 0.6) is 0 Å². The Morgan fingerprint density at radius 1 is 1.15 bits per heavy atom. The van der Waals surface area contributed by atoms with Crippen molar-refractivity contribution in [2.24, 2.45) is 5.92 Å². The first-order valence-corrected chi connectivity index (χ1v) is 10.3. The van der Waals surface area contributed by atoms with Gasteiger partial charge in [0.1, 0.15) is 6.04 Å². The molecule has 2 atom stereocenters. The molecule has 1 heterocycles. The number of benzene rings is 1. The Labute approximate surface area is 164 Å². The van der Waals surface area contributed by atoms with Crippen LogP contribution in [0.15, 0.2) is 12.1 Å². The van der Waals surface area contributed by atoms with Gasteiger partial charge in [0.25, 0.3) is 0 Å². The van der Waals surface area contributed by atoms with Crippen LogP contribution < -0.4 is 10.2 Å². The molecule has 1 aromatic carbocycles. The summed E-state index contributed by atoms with van der Waals surface area (Å²) in [5.41, 5.74) is 5.49. The summed E-state index contributed by atoms with van der Waals surface area (Å²) in [4.78, 5) is 15.0. The van der Waals surface area contributed by atoms with Gasteiger partial charge in [0, 0.05) is 12.7 Å². The Hall–Kier alpha value is -1.55. The molecule has 1 amide bonds. The number of hydrogen-bond donors (Lipinski definition) is 2. The van der Waals surface area contributed by atoms with Crippen molar-refractivity contribution in [1.29, 1.82) is 0 Å². The lowest BCUT2D eigenvalue weighted by atomic mass is 9.62. The maximum absolute atomic E-state index is 12.9. The quantitative estimate of drug-likeness (QED) is 0.835. The first-order chi connectivity index (χ1) is 12.5. The summed E-state index contributed by atoms with van der Waals surface area (Å²) >= 11 is 0. The van der Waals surface area contributed by atoms with Crippen LogP contribution in [-0.2, 0) is 22.0 Å². The van der Waals surface area contributed by atoms with Crippen molar-refractivity contribution in [1.82, 2.24) is 5.32 Å². The van der Waals surface area contributed by atoms with Crippen LogP contribution in [-0.4, -0.2) is 36.8 Å². The van der Waals surface area contributed by atoms with Crippen molar-refractivity contribution >= 4 is 11.6 Å². The highest BCUT2D eigenvalue weighted by atomic mass is 16.3. The highest BCUT2D eigenvalue weighted by Crippen LogP contribution is 2.48. The molecule has 27 heavy (non-hydrogen) atoms. The number of hydrogen-bond acceptors (Lipinski definition) is 3. The largest absolute Gasteiger partial charge is 0.394 e. The molecule has 0 saturated heterocycles. The van der Waals surface area contributed by atoms with Crippen LogP contribution in [0.25, 0.3) is 0 Å². The number of carbonyl (C=O) groups excluding carboxylic acids is 1. The molecule has 0 radical (unpaired) electrons. The molecule has 4 nitrogen and oxygen atoms in total. The van der Waals surface area contributed by atoms with E-state index in [0.717, 1.165) is 5.69 Å². The number of amides is 1. The minimum Gasteiger partial charge on any atom is -0.394 e. The van der Waals surface area contributed by atoms with E-state index >= 15 is 0 Å². The minimum atomic E-state index is -0.240. The van der Waals surface area contributed by atoms with Gasteiger partial charge < -0.3 is 15.3 Å². The number of nitrogens with zero attached hydrogens (tertiary/aromatic N) is 1. The number of rotatable bonds is 2. The maximum atomic E-state index is 12.9. The Morgan fingerprint density at radius 3 is 2.22 bits per heavy atom. The summed E-state index contributed by atoms with van der Waals surface area (Å²) in [5.74, 6) is 0.190. The van der Waals surface area contributed by atoms with Crippen molar-refractivity contribution in [3.8, 4) is 0 Å². The normalized spacial score (nSPS) is 26.7. The summed E-state index contributed by atoms with van der Waals surface area (Å²) in [7, 11) is 2.04. The summed E-state index contributed by atoms with van der Waals surface area (Å²) < 4.78 is 0. The van der Waals surface area contributed by atoms with E-state index in [1.807, 2.05) is 7.05 Å². The van der Waals surface area contributed by atoms with E-state index in [9.17, 15) is 9.90 Å². The van der Waals surface area contributed by atoms with E-state index in [4.69, 9.17) is 0 Å². The zero-order valence-corrected chi connectivity index (χ0v) is 18.0. The second-order valence-corrected chi connectivity index (χ2v) is 10.2. The molecule has 0 bridgehead atoms. The SMILES string of the molecule is CC(C)[C@@H]1C(=O)N[C@H](CO)Cc2cc3c(cc2N1C)C(C)(C)CCC3(C)C. The zero-order chi connectivity index (χ0) is 20.1. The number of anilines is 1. The summed E-state index contributed by atoms with van der Waals surface area (Å²) in [6, 6.07) is 4.23. The summed E-state index contributed by atoms with van der Waals surface area (Å²) in [6.45, 7) is 13.5. The molecule has 4 heteroatoms. The molecule has 2 N–H and O–H groups in total. The van der Waals surface area contributed by atoms with Crippen molar-refractivity contribution < 1.29 is 9.90 Å². The Bertz CT molecular complexity index is 736. The van der Waals surface area contributed by atoms with Gasteiger partial charge in [-0.1, -0.05) is 47.6 Å². The molecule has 3 rings (SSSR count). The fraction of sp³-hybridized carbons (Fsp3) is 0.696. The lowest BCUT2D eigenvalue weighted by Gasteiger charge is -2.44. The summed E-state index contributed by atoms with van der Waals surface area (Å²) in [6.07, 6.45) is 3.01. The predicted octanol–water partition coefficient (Wildman–Crippen LogP) is 3.53. The van der Waals surface area contributed by atoms with Crippen molar-refractivity contribution in [2.45, 2.75) is 83.7 Å². The highest BCUT2D eigenvalue weighted by molar-refractivity contribution is 5.87. The Morgan fingerprint density at radius 2 is 1.70 bits per heavy atom. The van der Waals surface area contributed by atoms with Gasteiger partial charge in [-0.2, -0.15) is 0 Å². The first-order valence-electron chi connectivity index (χ1n) is 10.3. The average Bonchev–Trinajstić information content (AvgIpc) is 2.56. The highest BCUT2D eigenvalue weighted by Gasteiger charge is 2.39. The van der Waals surface area contributed by atoms with Crippen LogP contribution in [0.4, 0.5) is 5.69 Å². The number of fused-ring (bicyclic) bond motifs is 2. The standard InChI is InChI=1S/C23H36N2O2/c1-14(2)20-21(27)24-16(13-26)10-15-11-17-18(12-19(15)25(20)7)23(5,6)9-8-22(17,3)4/h11-12,14,16,20,26H,8-10,13H2,1-7H3,(H,24,27)/t16-,20+/m0/s1. The number of nitrogens with one attached hydrogen (secondary N) is 1. The molecule has 150 valence electrons. The smallest absolute Gasteiger partial charge is 0.243 e. The summed E-state index contributed by atoms with van der Waals surface area (Å²) in [5, 5.41) is 12.9. The van der Waals surface area contributed by atoms with Crippen molar-refractivity contribution in [2.75, 3.05) is 18.6 Å². The maximum Gasteiger partial charge on any atom is 0.243 e. The Kier molecular flexibility index (Phi) is 5.09. The van der Waals surface area contributed by atoms with Crippen LogP contribution >= 0.6 is 0 Å². The second kappa shape index (κ2) is 6.80. The molecule has 0 unspecified atom stereocenters. The molecule has 1 aromatic rings. The molecule has 0 saturated carbocycles. The van der Waals surface area contributed by atoms with Crippen LogP contribution in [0, 0.1) is 5.92 Å². The fourth-order valence-electron chi connectivity index (χ4n) is 4.93. The van der Waals surface area contributed by atoms with Crippen LogP contribution in [0.3, 0.4) is 0 Å². The van der Waals surface area contributed by atoms with E-state index in [-0.39, 0.29) is 41.3 Å². The van der Waals surface area contributed by atoms with Gasteiger partial charge in [-0.05, 0) is 58.8 Å². The van der Waals surface area contributed by atoms with E-state index in [1.54, 1.807) is 0 Å².